The van der Waals surface area contributed by atoms with Crippen molar-refractivity contribution in [3.05, 3.63) is 90.0 Å². The van der Waals surface area contributed by atoms with Gasteiger partial charge < -0.3 is 9.47 Å². The first kappa shape index (κ1) is 18.4. The van der Waals surface area contributed by atoms with Crippen LogP contribution >= 0.6 is 0 Å². The molecule has 27 heavy (non-hydrogen) atoms. The van der Waals surface area contributed by atoms with Crippen LogP contribution < -0.4 is 4.74 Å². The molecule has 0 spiro atoms. The molecule has 0 atom stereocenters. The van der Waals surface area contributed by atoms with E-state index in [0.717, 1.165) is 16.7 Å². The van der Waals surface area contributed by atoms with E-state index < -0.39 is 0 Å². The lowest BCUT2D eigenvalue weighted by Gasteiger charge is -2.08. The van der Waals surface area contributed by atoms with Crippen molar-refractivity contribution >= 4 is 11.8 Å². The van der Waals surface area contributed by atoms with Crippen molar-refractivity contribution in [2.75, 3.05) is 6.61 Å². The zero-order chi connectivity index (χ0) is 19.1. The number of hydrogen-bond donors (Lipinski definition) is 0. The number of esters is 1. The van der Waals surface area contributed by atoms with Crippen molar-refractivity contribution in [3.63, 3.8) is 0 Å². The summed E-state index contributed by atoms with van der Waals surface area (Å²) >= 11 is 0. The molecule has 0 heterocycles. The van der Waals surface area contributed by atoms with Gasteiger partial charge in [-0.15, -0.1) is 0 Å². The summed E-state index contributed by atoms with van der Waals surface area (Å²) in [6.07, 6.45) is 0. The smallest absolute Gasteiger partial charge is 0.338 e. The second kappa shape index (κ2) is 8.81. The summed E-state index contributed by atoms with van der Waals surface area (Å²) in [5.74, 6) is 0.246. The quantitative estimate of drug-likeness (QED) is 0.574. The molecule has 0 aliphatic carbocycles. The van der Waals surface area contributed by atoms with E-state index in [0.29, 0.717) is 11.3 Å². The van der Waals surface area contributed by atoms with Gasteiger partial charge in [0.1, 0.15) is 19.0 Å². The van der Waals surface area contributed by atoms with Gasteiger partial charge in [-0.2, -0.15) is 0 Å². The maximum atomic E-state index is 12.3. The predicted octanol–water partition coefficient (Wildman–Crippen LogP) is 4.68. The Labute approximate surface area is 158 Å². The van der Waals surface area contributed by atoms with E-state index in [-0.39, 0.29) is 25.0 Å². The molecule has 0 radical (unpaired) electrons. The average Bonchev–Trinajstić information content (AvgIpc) is 2.71. The van der Waals surface area contributed by atoms with Crippen LogP contribution in [0.3, 0.4) is 0 Å². The molecule has 0 fully saturated rings. The number of benzene rings is 3. The maximum absolute atomic E-state index is 12.3. The molecule has 0 N–H and O–H groups in total. The van der Waals surface area contributed by atoms with Crippen LogP contribution in [-0.4, -0.2) is 18.4 Å². The fourth-order valence-corrected chi connectivity index (χ4v) is 2.56. The minimum absolute atomic E-state index is 0.0270. The number of rotatable bonds is 7. The highest BCUT2D eigenvalue weighted by Gasteiger charge is 2.09. The third kappa shape index (κ3) is 5.28. The maximum Gasteiger partial charge on any atom is 0.338 e. The van der Waals surface area contributed by atoms with Crippen molar-refractivity contribution in [1.82, 2.24) is 0 Å². The summed E-state index contributed by atoms with van der Waals surface area (Å²) in [7, 11) is 0. The highest BCUT2D eigenvalue weighted by Crippen LogP contribution is 2.24. The highest BCUT2D eigenvalue weighted by atomic mass is 16.5. The molecule has 4 heteroatoms. The molecule has 3 rings (SSSR count). The van der Waals surface area contributed by atoms with Crippen molar-refractivity contribution in [2.24, 2.45) is 0 Å². The Bertz CT molecular complexity index is 915. The lowest BCUT2D eigenvalue weighted by Crippen LogP contribution is -2.06. The van der Waals surface area contributed by atoms with Gasteiger partial charge >= 0.3 is 5.97 Å². The molecule has 3 aromatic carbocycles. The van der Waals surface area contributed by atoms with E-state index in [9.17, 15) is 9.59 Å². The third-order valence-electron chi connectivity index (χ3n) is 3.94. The van der Waals surface area contributed by atoms with Gasteiger partial charge in [0.05, 0.1) is 5.56 Å². The van der Waals surface area contributed by atoms with Gasteiger partial charge in [0, 0.05) is 0 Å². The lowest BCUT2D eigenvalue weighted by molar-refractivity contribution is -0.118. The lowest BCUT2D eigenvalue weighted by atomic mass is 10.0. The second-order valence-corrected chi connectivity index (χ2v) is 6.16. The van der Waals surface area contributed by atoms with Crippen LogP contribution in [-0.2, 0) is 16.1 Å². The molecule has 0 bridgehead atoms. The third-order valence-corrected chi connectivity index (χ3v) is 3.94. The first-order valence-electron chi connectivity index (χ1n) is 8.65. The molecule has 0 saturated carbocycles. The first-order valence-corrected chi connectivity index (χ1v) is 8.65. The largest absolute Gasteiger partial charge is 0.486 e. The first-order chi connectivity index (χ1) is 13.1. The average molecular weight is 360 g/mol. The topological polar surface area (TPSA) is 52.6 Å². The van der Waals surface area contributed by atoms with Crippen LogP contribution in [0.15, 0.2) is 78.9 Å². The predicted molar refractivity (Wildman–Crippen MR) is 104 cm³/mol. The SMILES string of the molecule is CC(=O)COc1ccc(-c2cccc(C(=O)OCc3ccccc3)c2)cc1. The molecule has 0 aliphatic rings. The zero-order valence-electron chi connectivity index (χ0n) is 15.1. The number of ketones is 1. The summed E-state index contributed by atoms with van der Waals surface area (Å²) in [5.41, 5.74) is 3.30. The molecule has 0 saturated heterocycles. The Balaban J connectivity index is 1.67. The number of hydrogen-bond acceptors (Lipinski definition) is 4. The van der Waals surface area contributed by atoms with Gasteiger partial charge in [0.25, 0.3) is 0 Å². The van der Waals surface area contributed by atoms with Crippen molar-refractivity contribution in [3.8, 4) is 16.9 Å². The normalized spacial score (nSPS) is 10.3. The van der Waals surface area contributed by atoms with Gasteiger partial charge in [-0.1, -0.05) is 54.6 Å². The Hall–Kier alpha value is -3.40. The van der Waals surface area contributed by atoms with Crippen molar-refractivity contribution in [2.45, 2.75) is 13.5 Å². The molecular weight excluding hydrogens is 340 g/mol. The van der Waals surface area contributed by atoms with Gasteiger partial charge in [-0.25, -0.2) is 4.79 Å². The number of carbonyl (C=O) groups is 2. The van der Waals surface area contributed by atoms with Gasteiger partial charge in [0.15, 0.2) is 5.78 Å². The molecule has 0 unspecified atom stereocenters. The van der Waals surface area contributed by atoms with Gasteiger partial charge in [-0.05, 0) is 47.9 Å². The Kier molecular flexibility index (Phi) is 6.00. The van der Waals surface area contributed by atoms with Crippen molar-refractivity contribution < 1.29 is 19.1 Å². The van der Waals surface area contributed by atoms with Gasteiger partial charge in [-0.3, -0.25) is 4.79 Å². The second-order valence-electron chi connectivity index (χ2n) is 6.16. The van der Waals surface area contributed by atoms with Crippen LogP contribution in [0.2, 0.25) is 0 Å². The van der Waals surface area contributed by atoms with Crippen LogP contribution in [0.5, 0.6) is 5.75 Å². The monoisotopic (exact) mass is 360 g/mol. The zero-order valence-corrected chi connectivity index (χ0v) is 15.1. The molecule has 0 amide bonds. The van der Waals surface area contributed by atoms with Crippen LogP contribution in [0.1, 0.15) is 22.8 Å². The Morgan fingerprint density at radius 1 is 0.815 bits per heavy atom. The summed E-state index contributed by atoms with van der Waals surface area (Å²) in [6, 6.07) is 24.3. The molecule has 3 aromatic rings. The minimum Gasteiger partial charge on any atom is -0.486 e. The van der Waals surface area contributed by atoms with E-state index >= 15 is 0 Å². The standard InChI is InChI=1S/C23H20O4/c1-17(24)15-26-22-12-10-19(11-13-22)20-8-5-9-21(14-20)23(25)27-16-18-6-3-2-4-7-18/h2-14H,15-16H2,1H3. The van der Waals surface area contributed by atoms with E-state index in [4.69, 9.17) is 9.47 Å². The van der Waals surface area contributed by atoms with E-state index in [1.54, 1.807) is 24.3 Å². The summed E-state index contributed by atoms with van der Waals surface area (Å²) in [5, 5.41) is 0. The summed E-state index contributed by atoms with van der Waals surface area (Å²) < 4.78 is 10.8. The van der Waals surface area contributed by atoms with E-state index in [1.165, 1.54) is 6.92 Å². The van der Waals surface area contributed by atoms with Crippen LogP contribution in [0.4, 0.5) is 0 Å². The fourth-order valence-electron chi connectivity index (χ4n) is 2.56. The minimum atomic E-state index is -0.359. The molecule has 4 nitrogen and oxygen atoms in total. The van der Waals surface area contributed by atoms with Crippen LogP contribution in [0.25, 0.3) is 11.1 Å². The summed E-state index contributed by atoms with van der Waals surface area (Å²) in [4.78, 5) is 23.3. The molecule has 0 aliphatic heterocycles. The Morgan fingerprint density at radius 2 is 1.56 bits per heavy atom. The van der Waals surface area contributed by atoms with Crippen LogP contribution in [0, 0.1) is 0 Å². The van der Waals surface area contributed by atoms with E-state index in [2.05, 4.69) is 0 Å². The number of ether oxygens (including phenoxy) is 2. The number of carbonyl (C=O) groups excluding carboxylic acids is 2. The molecule has 0 aromatic heterocycles. The summed E-state index contributed by atoms with van der Waals surface area (Å²) in [6.45, 7) is 1.78. The molecule has 136 valence electrons. The highest BCUT2D eigenvalue weighted by molar-refractivity contribution is 5.91. The fraction of sp³-hybridized carbons (Fsp3) is 0.130. The van der Waals surface area contributed by atoms with Gasteiger partial charge in [0.2, 0.25) is 0 Å². The number of Topliss-reactive ketones (excluding diaryl/α,β-unsaturated/α-hetero) is 1. The Morgan fingerprint density at radius 3 is 2.26 bits per heavy atom. The van der Waals surface area contributed by atoms with Crippen molar-refractivity contribution in [1.29, 1.82) is 0 Å². The molecular formula is C23H20O4. The van der Waals surface area contributed by atoms with E-state index in [1.807, 2.05) is 54.6 Å².